The van der Waals surface area contributed by atoms with Crippen molar-refractivity contribution in [3.05, 3.63) is 18.5 Å². The van der Waals surface area contributed by atoms with Gasteiger partial charge in [-0.2, -0.15) is 0 Å². The summed E-state index contributed by atoms with van der Waals surface area (Å²) < 4.78 is 1.61. The van der Waals surface area contributed by atoms with E-state index in [1.807, 2.05) is 6.20 Å². The number of nitrogens with zero attached hydrogens (tertiary/aromatic N) is 3. The maximum atomic E-state index is 3.93. The van der Waals surface area contributed by atoms with E-state index < -0.39 is 0 Å². The Morgan fingerprint density at radius 1 is 1.70 bits per heavy atom. The molecule has 0 aliphatic rings. The lowest BCUT2D eigenvalue weighted by Crippen LogP contribution is -1.85. The van der Waals surface area contributed by atoms with Gasteiger partial charge in [0.05, 0.1) is 11.9 Å². The van der Waals surface area contributed by atoms with Crippen molar-refractivity contribution in [3.63, 3.8) is 0 Å². The molecule has 3 nitrogen and oxygen atoms in total. The van der Waals surface area contributed by atoms with Gasteiger partial charge in [-0.3, -0.25) is 0 Å². The number of hydrogen-bond acceptors (Lipinski definition) is 2. The minimum absolute atomic E-state index is 0.439. The van der Waals surface area contributed by atoms with Gasteiger partial charge in [0.2, 0.25) is 0 Å². The van der Waals surface area contributed by atoms with Crippen LogP contribution in [0.5, 0.6) is 0 Å². The fraction of sp³-hybridized carbons (Fsp3) is 0.429. The van der Waals surface area contributed by atoms with Crippen LogP contribution in [0.1, 0.15) is 25.5 Å². The first-order chi connectivity index (χ1) is 4.74. The second-order valence-electron chi connectivity index (χ2n) is 2.46. The predicted octanol–water partition coefficient (Wildman–Crippen LogP) is 1.50. The molecule has 0 fully saturated rings. The van der Waals surface area contributed by atoms with E-state index in [4.69, 9.17) is 0 Å². The molecule has 0 unspecified atom stereocenters. The van der Waals surface area contributed by atoms with Crippen molar-refractivity contribution in [3.8, 4) is 0 Å². The first-order valence-corrected chi connectivity index (χ1v) is 3.28. The zero-order valence-corrected chi connectivity index (χ0v) is 6.28. The molecule has 1 aromatic rings. The smallest absolute Gasteiger partial charge is 0.0856 e. The Morgan fingerprint density at radius 2 is 2.40 bits per heavy atom. The van der Waals surface area contributed by atoms with Crippen molar-refractivity contribution in [2.45, 2.75) is 19.8 Å². The molecule has 0 aliphatic heterocycles. The van der Waals surface area contributed by atoms with Crippen molar-refractivity contribution < 1.29 is 0 Å². The van der Waals surface area contributed by atoms with E-state index >= 15 is 0 Å². The van der Waals surface area contributed by atoms with Crippen molar-refractivity contribution in [2.24, 2.45) is 0 Å². The summed E-state index contributed by atoms with van der Waals surface area (Å²) in [4.78, 5) is 0. The molecule has 3 heteroatoms. The van der Waals surface area contributed by atoms with Crippen molar-refractivity contribution >= 4 is 6.20 Å². The Morgan fingerprint density at radius 3 is 2.70 bits per heavy atom. The lowest BCUT2D eigenvalue weighted by atomic mass is 10.2. The van der Waals surface area contributed by atoms with Gasteiger partial charge < -0.3 is 0 Å². The zero-order chi connectivity index (χ0) is 7.56. The molecule has 54 valence electrons. The summed E-state index contributed by atoms with van der Waals surface area (Å²) in [6, 6.07) is 0. The molecule has 0 aliphatic carbocycles. The third-order valence-corrected chi connectivity index (χ3v) is 1.31. The number of aromatic nitrogens is 3. The third kappa shape index (κ3) is 1.23. The molecule has 0 amide bonds. The molecule has 0 saturated heterocycles. The lowest BCUT2D eigenvalue weighted by molar-refractivity contribution is 0.790. The van der Waals surface area contributed by atoms with Crippen LogP contribution in [-0.4, -0.2) is 15.0 Å². The summed E-state index contributed by atoms with van der Waals surface area (Å²) in [5.74, 6) is 0.439. The van der Waals surface area contributed by atoms with Crippen LogP contribution in [0.25, 0.3) is 6.20 Å². The Labute approximate surface area is 60.4 Å². The fourth-order valence-electron chi connectivity index (χ4n) is 0.644. The first-order valence-electron chi connectivity index (χ1n) is 3.28. The zero-order valence-electron chi connectivity index (χ0n) is 6.28. The van der Waals surface area contributed by atoms with Crippen LogP contribution in [-0.2, 0) is 0 Å². The van der Waals surface area contributed by atoms with Crippen molar-refractivity contribution in [2.75, 3.05) is 0 Å². The topological polar surface area (TPSA) is 30.7 Å². The maximum Gasteiger partial charge on any atom is 0.0856 e. The van der Waals surface area contributed by atoms with Crippen molar-refractivity contribution in [1.29, 1.82) is 0 Å². The second-order valence-corrected chi connectivity index (χ2v) is 2.46. The highest BCUT2D eigenvalue weighted by Crippen LogP contribution is 2.08. The van der Waals surface area contributed by atoms with Gasteiger partial charge >= 0.3 is 0 Å². The van der Waals surface area contributed by atoms with E-state index in [-0.39, 0.29) is 0 Å². The Hall–Kier alpha value is -1.12. The van der Waals surface area contributed by atoms with Crippen molar-refractivity contribution in [1.82, 2.24) is 15.0 Å². The van der Waals surface area contributed by atoms with Gasteiger partial charge in [0.15, 0.2) is 0 Å². The van der Waals surface area contributed by atoms with E-state index in [0.29, 0.717) is 5.92 Å². The second kappa shape index (κ2) is 2.64. The average Bonchev–Trinajstić information content (AvgIpc) is 2.34. The molecule has 0 N–H and O–H groups in total. The quantitative estimate of drug-likeness (QED) is 0.618. The summed E-state index contributed by atoms with van der Waals surface area (Å²) in [5.41, 5.74) is 1.000. The summed E-state index contributed by atoms with van der Waals surface area (Å²) in [5, 5.41) is 7.73. The van der Waals surface area contributed by atoms with E-state index in [1.54, 1.807) is 10.9 Å². The Bertz CT molecular complexity index is 225. The van der Waals surface area contributed by atoms with Crippen LogP contribution in [0.4, 0.5) is 0 Å². The van der Waals surface area contributed by atoms with Gasteiger partial charge in [-0.1, -0.05) is 25.6 Å². The van der Waals surface area contributed by atoms with E-state index in [1.165, 1.54) is 0 Å². The van der Waals surface area contributed by atoms with Crippen LogP contribution in [0, 0.1) is 0 Å². The fourth-order valence-corrected chi connectivity index (χ4v) is 0.644. The van der Waals surface area contributed by atoms with Gasteiger partial charge in [0, 0.05) is 6.20 Å². The third-order valence-electron chi connectivity index (χ3n) is 1.31. The van der Waals surface area contributed by atoms with Gasteiger partial charge in [-0.25, -0.2) is 4.68 Å². The molecule has 1 rings (SSSR count). The molecule has 0 spiro atoms. The normalized spacial score (nSPS) is 10.3. The van der Waals surface area contributed by atoms with Crippen LogP contribution >= 0.6 is 0 Å². The van der Waals surface area contributed by atoms with Crippen LogP contribution < -0.4 is 0 Å². The summed E-state index contributed by atoms with van der Waals surface area (Å²) >= 11 is 0. The Kier molecular flexibility index (Phi) is 1.85. The van der Waals surface area contributed by atoms with Crippen LogP contribution in [0.15, 0.2) is 12.8 Å². The molecule has 0 bridgehead atoms. The summed E-state index contributed by atoms with van der Waals surface area (Å²) in [6.07, 6.45) is 3.50. The van der Waals surface area contributed by atoms with Crippen LogP contribution in [0.2, 0.25) is 0 Å². The minimum Gasteiger partial charge on any atom is -0.228 e. The average molecular weight is 137 g/mol. The van der Waals surface area contributed by atoms with Gasteiger partial charge in [-0.15, -0.1) is 5.10 Å². The molecule has 0 aromatic carbocycles. The lowest BCUT2D eigenvalue weighted by Gasteiger charge is -1.93. The highest BCUT2D eigenvalue weighted by Gasteiger charge is 2.01. The summed E-state index contributed by atoms with van der Waals surface area (Å²) in [7, 11) is 0. The number of rotatable bonds is 2. The molecular weight excluding hydrogens is 126 g/mol. The predicted molar refractivity (Wildman–Crippen MR) is 40.5 cm³/mol. The SMILES string of the molecule is C=Cn1cc(C(C)C)nn1. The van der Waals surface area contributed by atoms with E-state index in [9.17, 15) is 0 Å². The van der Waals surface area contributed by atoms with Crippen LogP contribution in [0.3, 0.4) is 0 Å². The molecule has 0 atom stereocenters. The van der Waals surface area contributed by atoms with E-state index in [2.05, 4.69) is 30.7 Å². The maximum absolute atomic E-state index is 3.93. The summed E-state index contributed by atoms with van der Waals surface area (Å²) in [6.45, 7) is 7.73. The molecule has 1 aromatic heterocycles. The Balaban J connectivity index is 2.88. The highest BCUT2D eigenvalue weighted by molar-refractivity contribution is 5.14. The molecular formula is C7H11N3. The van der Waals surface area contributed by atoms with E-state index in [0.717, 1.165) is 5.69 Å². The van der Waals surface area contributed by atoms with Gasteiger partial charge in [0.25, 0.3) is 0 Å². The molecule has 10 heavy (non-hydrogen) atoms. The largest absolute Gasteiger partial charge is 0.228 e. The molecule has 0 saturated carbocycles. The molecule has 1 heterocycles. The van der Waals surface area contributed by atoms with Gasteiger partial charge in [0.1, 0.15) is 0 Å². The monoisotopic (exact) mass is 137 g/mol. The standard InChI is InChI=1S/C7H11N3/c1-4-10-5-7(6(2)3)8-9-10/h4-6H,1H2,2-3H3. The first kappa shape index (κ1) is 6.99. The minimum atomic E-state index is 0.439. The highest BCUT2D eigenvalue weighted by atomic mass is 15.4. The number of hydrogen-bond donors (Lipinski definition) is 0. The van der Waals surface area contributed by atoms with Gasteiger partial charge in [-0.05, 0) is 5.92 Å². The molecule has 0 radical (unpaired) electrons.